The van der Waals surface area contributed by atoms with Gasteiger partial charge in [-0.1, -0.05) is 38.3 Å². The summed E-state index contributed by atoms with van der Waals surface area (Å²) < 4.78 is 0. The van der Waals surface area contributed by atoms with Crippen LogP contribution in [0.1, 0.15) is 51.3 Å². The van der Waals surface area contributed by atoms with E-state index in [4.69, 9.17) is 0 Å². The molecule has 0 bridgehead atoms. The highest BCUT2D eigenvalue weighted by molar-refractivity contribution is 5.77. The molecule has 3 rings (SSSR count). The Morgan fingerprint density at radius 2 is 2.04 bits per heavy atom. The molecule has 1 fully saturated rings. The molecule has 24 heavy (non-hydrogen) atoms. The number of benzene rings is 1. The summed E-state index contributed by atoms with van der Waals surface area (Å²) in [4.78, 5) is 31.6. The molecule has 0 aliphatic heterocycles. The van der Waals surface area contributed by atoms with E-state index in [9.17, 15) is 9.59 Å². The van der Waals surface area contributed by atoms with Crippen LogP contribution in [0.25, 0.3) is 10.9 Å². The Morgan fingerprint density at radius 1 is 1.29 bits per heavy atom. The number of H-pyrrole nitrogens is 1. The van der Waals surface area contributed by atoms with Crippen molar-refractivity contribution in [2.24, 2.45) is 5.92 Å². The minimum Gasteiger partial charge on any atom is -0.353 e. The highest BCUT2D eigenvalue weighted by Gasteiger charge is 2.18. The van der Waals surface area contributed by atoms with Gasteiger partial charge in [0.25, 0.3) is 5.56 Å². The van der Waals surface area contributed by atoms with Crippen molar-refractivity contribution in [3.05, 3.63) is 40.4 Å². The third kappa shape index (κ3) is 4.22. The maximum atomic E-state index is 12.2. The van der Waals surface area contributed by atoms with Gasteiger partial charge in [-0.25, -0.2) is 4.98 Å². The number of para-hydroxylation sites is 1. The normalized spacial score (nSPS) is 16.9. The smallest absolute Gasteiger partial charge is 0.258 e. The number of hydrogen-bond donors (Lipinski definition) is 2. The van der Waals surface area contributed by atoms with Crippen molar-refractivity contribution in [1.82, 2.24) is 15.3 Å². The molecule has 128 valence electrons. The van der Waals surface area contributed by atoms with Gasteiger partial charge in [-0.05, 0) is 30.9 Å². The molecule has 1 saturated carbocycles. The fraction of sp³-hybridized carbons (Fsp3) is 0.526. The fourth-order valence-corrected chi connectivity index (χ4v) is 3.48. The zero-order valence-corrected chi connectivity index (χ0v) is 14.2. The van der Waals surface area contributed by atoms with E-state index in [1.165, 1.54) is 19.3 Å². The third-order valence-corrected chi connectivity index (χ3v) is 4.71. The molecule has 1 atom stereocenters. The molecule has 1 amide bonds. The summed E-state index contributed by atoms with van der Waals surface area (Å²) in [5, 5.41) is 3.75. The second-order valence-electron chi connectivity index (χ2n) is 6.95. The Balaban J connectivity index is 1.59. The predicted molar refractivity (Wildman–Crippen MR) is 94.9 cm³/mol. The van der Waals surface area contributed by atoms with Gasteiger partial charge in [0, 0.05) is 18.9 Å². The van der Waals surface area contributed by atoms with Crippen LogP contribution in [0.4, 0.5) is 0 Å². The van der Waals surface area contributed by atoms with Crippen LogP contribution in [-0.2, 0) is 11.2 Å². The van der Waals surface area contributed by atoms with Crippen LogP contribution in [0, 0.1) is 5.92 Å². The van der Waals surface area contributed by atoms with Gasteiger partial charge in [-0.3, -0.25) is 9.59 Å². The number of fused-ring (bicyclic) bond motifs is 1. The topological polar surface area (TPSA) is 74.8 Å². The zero-order valence-electron chi connectivity index (χ0n) is 14.2. The lowest BCUT2D eigenvalue weighted by atomic mass is 9.95. The van der Waals surface area contributed by atoms with Crippen molar-refractivity contribution in [3.63, 3.8) is 0 Å². The second kappa shape index (κ2) is 7.60. The molecule has 5 nitrogen and oxygen atoms in total. The van der Waals surface area contributed by atoms with E-state index < -0.39 is 0 Å². The zero-order chi connectivity index (χ0) is 16.9. The lowest BCUT2D eigenvalue weighted by molar-refractivity contribution is -0.122. The molecule has 1 aromatic heterocycles. The molecule has 1 aliphatic carbocycles. The van der Waals surface area contributed by atoms with Crippen LogP contribution in [0.5, 0.6) is 0 Å². The Hall–Kier alpha value is -2.17. The average molecular weight is 327 g/mol. The average Bonchev–Trinajstić information content (AvgIpc) is 2.55. The summed E-state index contributed by atoms with van der Waals surface area (Å²) in [5.41, 5.74) is 0.588. The number of rotatable bonds is 5. The lowest BCUT2D eigenvalue weighted by Gasteiger charge is -2.23. The molecule has 0 radical (unpaired) electrons. The van der Waals surface area contributed by atoms with E-state index in [1.807, 2.05) is 25.1 Å². The van der Waals surface area contributed by atoms with Gasteiger partial charge in [-0.2, -0.15) is 0 Å². The Labute approximate surface area is 141 Å². The van der Waals surface area contributed by atoms with Gasteiger partial charge in [-0.15, -0.1) is 0 Å². The van der Waals surface area contributed by atoms with Crippen LogP contribution < -0.4 is 10.9 Å². The molecule has 1 unspecified atom stereocenters. The fourth-order valence-electron chi connectivity index (χ4n) is 3.48. The van der Waals surface area contributed by atoms with Gasteiger partial charge < -0.3 is 10.3 Å². The van der Waals surface area contributed by atoms with E-state index in [0.717, 1.165) is 12.8 Å². The first-order chi connectivity index (χ1) is 11.6. The summed E-state index contributed by atoms with van der Waals surface area (Å²) in [7, 11) is 0. The summed E-state index contributed by atoms with van der Waals surface area (Å²) in [6.45, 7) is 2.02. The number of carbonyl (C=O) groups is 1. The summed E-state index contributed by atoms with van der Waals surface area (Å²) in [5.74, 6) is 0.895. The van der Waals surface area contributed by atoms with Crippen LogP contribution in [-0.4, -0.2) is 21.9 Å². The number of aromatic nitrogens is 2. The highest BCUT2D eigenvalue weighted by Crippen LogP contribution is 2.18. The first-order valence-corrected chi connectivity index (χ1v) is 8.89. The first-order valence-electron chi connectivity index (χ1n) is 8.89. The van der Waals surface area contributed by atoms with E-state index in [2.05, 4.69) is 15.3 Å². The number of nitrogens with zero attached hydrogens (tertiary/aromatic N) is 1. The standard InChI is InChI=1S/C19H25N3O2/c1-13(12-18(23)20-14-7-3-2-4-8-14)11-17-21-16-10-6-5-9-15(16)19(24)22-17/h5-6,9-10,13-14H,2-4,7-8,11-12H2,1H3,(H,20,23)(H,21,22,24). The first kappa shape index (κ1) is 16.7. The SMILES string of the molecule is CC(CC(=O)NC1CCCCC1)Cc1nc2ccccc2c(=O)[nH]1. The Kier molecular flexibility index (Phi) is 5.28. The van der Waals surface area contributed by atoms with Crippen molar-refractivity contribution in [3.8, 4) is 0 Å². The van der Waals surface area contributed by atoms with Gasteiger partial charge in [0.05, 0.1) is 10.9 Å². The van der Waals surface area contributed by atoms with Crippen LogP contribution in [0.15, 0.2) is 29.1 Å². The van der Waals surface area contributed by atoms with Gasteiger partial charge in [0.1, 0.15) is 5.82 Å². The molecular weight excluding hydrogens is 302 g/mol. The Morgan fingerprint density at radius 3 is 2.83 bits per heavy atom. The van der Waals surface area contributed by atoms with E-state index in [-0.39, 0.29) is 17.4 Å². The summed E-state index contributed by atoms with van der Waals surface area (Å²) in [6.07, 6.45) is 6.96. The molecule has 1 aromatic carbocycles. The monoisotopic (exact) mass is 327 g/mol. The summed E-state index contributed by atoms with van der Waals surface area (Å²) in [6, 6.07) is 7.66. The number of aromatic amines is 1. The largest absolute Gasteiger partial charge is 0.353 e. The molecule has 2 N–H and O–H groups in total. The number of carbonyl (C=O) groups excluding carboxylic acids is 1. The van der Waals surface area contributed by atoms with Crippen molar-refractivity contribution >= 4 is 16.8 Å². The highest BCUT2D eigenvalue weighted by atomic mass is 16.1. The number of nitrogens with one attached hydrogen (secondary N) is 2. The van der Waals surface area contributed by atoms with Crippen molar-refractivity contribution in [2.45, 2.75) is 57.9 Å². The summed E-state index contributed by atoms with van der Waals surface area (Å²) >= 11 is 0. The van der Waals surface area contributed by atoms with E-state index >= 15 is 0 Å². The van der Waals surface area contributed by atoms with Crippen LogP contribution in [0.3, 0.4) is 0 Å². The van der Waals surface area contributed by atoms with Crippen molar-refractivity contribution in [1.29, 1.82) is 0 Å². The molecule has 0 saturated heterocycles. The number of hydrogen-bond acceptors (Lipinski definition) is 3. The van der Waals surface area contributed by atoms with Gasteiger partial charge in [0.2, 0.25) is 5.91 Å². The van der Waals surface area contributed by atoms with Crippen molar-refractivity contribution < 1.29 is 4.79 Å². The van der Waals surface area contributed by atoms with E-state index in [1.54, 1.807) is 6.07 Å². The minimum atomic E-state index is -0.116. The maximum Gasteiger partial charge on any atom is 0.258 e. The molecular formula is C19H25N3O2. The predicted octanol–water partition coefficient (Wildman–Crippen LogP) is 2.94. The third-order valence-electron chi connectivity index (χ3n) is 4.71. The van der Waals surface area contributed by atoms with Crippen LogP contribution in [0.2, 0.25) is 0 Å². The molecule has 0 spiro atoms. The minimum absolute atomic E-state index is 0.109. The van der Waals surface area contributed by atoms with Crippen LogP contribution >= 0.6 is 0 Å². The van der Waals surface area contributed by atoms with Crippen molar-refractivity contribution in [2.75, 3.05) is 0 Å². The molecule has 1 aliphatic rings. The van der Waals surface area contributed by atoms with E-state index in [0.29, 0.717) is 35.6 Å². The maximum absolute atomic E-state index is 12.2. The second-order valence-corrected chi connectivity index (χ2v) is 6.95. The molecule has 5 heteroatoms. The lowest BCUT2D eigenvalue weighted by Crippen LogP contribution is -2.37. The van der Waals surface area contributed by atoms with Gasteiger partial charge >= 0.3 is 0 Å². The Bertz CT molecular complexity index is 763. The molecule has 1 heterocycles. The van der Waals surface area contributed by atoms with Gasteiger partial charge in [0.15, 0.2) is 0 Å². The molecule has 2 aromatic rings. The number of amides is 1. The quantitative estimate of drug-likeness (QED) is 0.886.